The first-order valence-electron chi connectivity index (χ1n) is 9.90. The fourth-order valence-electron chi connectivity index (χ4n) is 3.12. The molecule has 1 saturated heterocycles. The molecule has 0 unspecified atom stereocenters. The van der Waals surface area contributed by atoms with Gasteiger partial charge in [-0.3, -0.25) is 14.5 Å². The first-order chi connectivity index (χ1) is 13.7. The highest BCUT2D eigenvalue weighted by Gasteiger charge is 2.29. The predicted molar refractivity (Wildman–Crippen MR) is 110 cm³/mol. The first-order valence-corrected chi connectivity index (χ1v) is 11.3. The number of hydrogen-bond donors (Lipinski definition) is 1. The number of carbonyl (C=O) groups is 2. The lowest BCUT2D eigenvalue weighted by molar-refractivity contribution is -0.140. The number of nitrogens with zero attached hydrogens (tertiary/aromatic N) is 2. The van der Waals surface area contributed by atoms with Crippen molar-refractivity contribution in [3.8, 4) is 0 Å². The molecule has 0 radical (unpaired) electrons. The molecule has 1 N–H and O–H groups in total. The van der Waals surface area contributed by atoms with Gasteiger partial charge in [0.25, 0.3) is 0 Å². The summed E-state index contributed by atoms with van der Waals surface area (Å²) in [6.07, 6.45) is 0.797. The second-order valence-corrected chi connectivity index (χ2v) is 9.37. The number of ether oxygens (including phenoxy) is 1. The Kier molecular flexibility index (Phi) is 8.60. The van der Waals surface area contributed by atoms with Gasteiger partial charge in [-0.2, -0.15) is 4.31 Å². The Balaban J connectivity index is 1.79. The molecule has 0 saturated carbocycles. The van der Waals surface area contributed by atoms with Crippen LogP contribution in [-0.4, -0.2) is 75.9 Å². The smallest absolute Gasteiger partial charge is 0.305 e. The third-order valence-corrected chi connectivity index (χ3v) is 6.90. The van der Waals surface area contributed by atoms with Crippen molar-refractivity contribution in [2.45, 2.75) is 37.5 Å². The van der Waals surface area contributed by atoms with E-state index in [2.05, 4.69) is 23.9 Å². The molecule has 9 heteroatoms. The van der Waals surface area contributed by atoms with Gasteiger partial charge in [0.15, 0.2) is 0 Å². The van der Waals surface area contributed by atoms with Crippen LogP contribution in [0.1, 0.15) is 38.2 Å². The van der Waals surface area contributed by atoms with Crippen molar-refractivity contribution < 1.29 is 22.7 Å². The number of rotatable bonds is 9. The highest BCUT2D eigenvalue weighted by Crippen LogP contribution is 2.21. The maximum Gasteiger partial charge on any atom is 0.305 e. The molecule has 0 aromatic heterocycles. The Labute approximate surface area is 173 Å². The summed E-state index contributed by atoms with van der Waals surface area (Å²) in [4.78, 5) is 25.3. The van der Waals surface area contributed by atoms with E-state index in [4.69, 9.17) is 0 Å². The molecule has 0 bridgehead atoms. The second-order valence-electron chi connectivity index (χ2n) is 7.43. The monoisotopic (exact) mass is 425 g/mol. The summed E-state index contributed by atoms with van der Waals surface area (Å²) >= 11 is 0. The summed E-state index contributed by atoms with van der Waals surface area (Å²) < 4.78 is 31.7. The molecule has 8 nitrogen and oxygen atoms in total. The van der Waals surface area contributed by atoms with Crippen molar-refractivity contribution >= 4 is 21.9 Å². The lowest BCUT2D eigenvalue weighted by Gasteiger charge is -2.33. The summed E-state index contributed by atoms with van der Waals surface area (Å²) in [5.41, 5.74) is 1.10. The quantitative estimate of drug-likeness (QED) is 0.472. The molecule has 1 heterocycles. The van der Waals surface area contributed by atoms with Crippen molar-refractivity contribution in [2.24, 2.45) is 0 Å². The van der Waals surface area contributed by atoms with Gasteiger partial charge in [0.2, 0.25) is 15.9 Å². The summed E-state index contributed by atoms with van der Waals surface area (Å²) in [7, 11) is -2.19. The number of nitrogens with one attached hydrogen (secondary N) is 1. The third kappa shape index (κ3) is 6.80. The van der Waals surface area contributed by atoms with Gasteiger partial charge in [-0.05, 0) is 30.0 Å². The summed E-state index contributed by atoms with van der Waals surface area (Å²) in [5.74, 6) is -0.0761. The van der Waals surface area contributed by atoms with E-state index >= 15 is 0 Å². The molecule has 1 aromatic rings. The first kappa shape index (κ1) is 23.3. The molecule has 1 aromatic carbocycles. The zero-order valence-corrected chi connectivity index (χ0v) is 18.2. The number of benzene rings is 1. The molecule has 2 rings (SSSR count). The molecule has 0 atom stereocenters. The number of carbonyl (C=O) groups excluding carboxylic acids is 2. The van der Waals surface area contributed by atoms with Gasteiger partial charge in [0, 0.05) is 39.1 Å². The van der Waals surface area contributed by atoms with E-state index in [1.165, 1.54) is 11.4 Å². The number of methoxy groups -OCH3 is 1. The van der Waals surface area contributed by atoms with Crippen molar-refractivity contribution in [1.82, 2.24) is 14.5 Å². The second kappa shape index (κ2) is 10.7. The summed E-state index contributed by atoms with van der Waals surface area (Å²) in [5, 5.41) is 2.77. The molecule has 29 heavy (non-hydrogen) atoms. The zero-order valence-electron chi connectivity index (χ0n) is 17.4. The van der Waals surface area contributed by atoms with Crippen LogP contribution in [0.25, 0.3) is 0 Å². The van der Waals surface area contributed by atoms with Crippen LogP contribution in [0.5, 0.6) is 0 Å². The molecule has 0 aliphatic carbocycles. The molecule has 1 aliphatic rings. The highest BCUT2D eigenvalue weighted by atomic mass is 32.2. The van der Waals surface area contributed by atoms with Crippen LogP contribution in [0, 0.1) is 0 Å². The Hall–Kier alpha value is -1.97. The van der Waals surface area contributed by atoms with E-state index in [0.717, 1.165) is 5.56 Å². The van der Waals surface area contributed by atoms with Crippen LogP contribution >= 0.6 is 0 Å². The van der Waals surface area contributed by atoms with E-state index in [1.807, 2.05) is 17.0 Å². The highest BCUT2D eigenvalue weighted by molar-refractivity contribution is 7.89. The summed E-state index contributed by atoms with van der Waals surface area (Å²) in [6.45, 7) is 6.46. The molecule has 162 valence electrons. The van der Waals surface area contributed by atoms with Crippen molar-refractivity contribution in [3.63, 3.8) is 0 Å². The number of sulfonamides is 1. The van der Waals surface area contributed by atoms with Crippen LogP contribution in [0.15, 0.2) is 29.2 Å². The number of piperazine rings is 1. The maximum atomic E-state index is 12.8. The van der Waals surface area contributed by atoms with E-state index < -0.39 is 10.0 Å². The van der Waals surface area contributed by atoms with Crippen LogP contribution in [0.2, 0.25) is 0 Å². The Morgan fingerprint density at radius 2 is 1.72 bits per heavy atom. The lowest BCUT2D eigenvalue weighted by Crippen LogP contribution is -2.51. The predicted octanol–water partition coefficient (Wildman–Crippen LogP) is 1.19. The van der Waals surface area contributed by atoms with E-state index in [0.29, 0.717) is 50.0 Å². The largest absolute Gasteiger partial charge is 0.469 e. The molecular formula is C20H31N3O5S. The van der Waals surface area contributed by atoms with Crippen molar-refractivity contribution in [3.05, 3.63) is 29.8 Å². The minimum atomic E-state index is -3.52. The van der Waals surface area contributed by atoms with Gasteiger partial charge >= 0.3 is 5.97 Å². The van der Waals surface area contributed by atoms with Gasteiger partial charge in [-0.25, -0.2) is 8.42 Å². The van der Waals surface area contributed by atoms with Crippen LogP contribution in [-0.2, 0) is 24.3 Å². The summed E-state index contributed by atoms with van der Waals surface area (Å²) in [6, 6.07) is 7.05. The van der Waals surface area contributed by atoms with Gasteiger partial charge in [-0.15, -0.1) is 0 Å². The van der Waals surface area contributed by atoms with E-state index in [1.54, 1.807) is 12.1 Å². The molecule has 1 fully saturated rings. The molecule has 1 amide bonds. The van der Waals surface area contributed by atoms with Gasteiger partial charge in [-0.1, -0.05) is 26.0 Å². The van der Waals surface area contributed by atoms with Gasteiger partial charge < -0.3 is 10.1 Å². The maximum absolute atomic E-state index is 12.8. The minimum Gasteiger partial charge on any atom is -0.469 e. The molecular weight excluding hydrogens is 394 g/mol. The average Bonchev–Trinajstić information content (AvgIpc) is 2.71. The van der Waals surface area contributed by atoms with E-state index in [9.17, 15) is 18.0 Å². The number of amides is 1. The van der Waals surface area contributed by atoms with Crippen molar-refractivity contribution in [2.75, 3.05) is 46.4 Å². The molecule has 1 aliphatic heterocycles. The molecule has 0 spiro atoms. The fraction of sp³-hybridized carbons (Fsp3) is 0.600. The third-order valence-electron chi connectivity index (χ3n) is 4.99. The average molecular weight is 426 g/mol. The van der Waals surface area contributed by atoms with E-state index in [-0.39, 0.29) is 24.8 Å². The van der Waals surface area contributed by atoms with Gasteiger partial charge in [0.1, 0.15) is 0 Å². The Morgan fingerprint density at radius 1 is 1.10 bits per heavy atom. The van der Waals surface area contributed by atoms with Crippen LogP contribution in [0.4, 0.5) is 0 Å². The van der Waals surface area contributed by atoms with Crippen LogP contribution in [0.3, 0.4) is 0 Å². The van der Waals surface area contributed by atoms with Gasteiger partial charge in [0.05, 0.1) is 18.6 Å². The van der Waals surface area contributed by atoms with Crippen LogP contribution < -0.4 is 5.32 Å². The zero-order chi connectivity index (χ0) is 21.4. The Bertz CT molecular complexity index is 785. The van der Waals surface area contributed by atoms with Crippen molar-refractivity contribution in [1.29, 1.82) is 0 Å². The standard InChI is InChI=1S/C20H31N3O5S/c1-16(2)17-6-8-18(9-7-17)29(26,27)23-13-11-22(12-14-23)15-19(24)21-10-4-5-20(25)28-3/h6-9,16H,4-5,10-15H2,1-3H3,(H,21,24). The lowest BCUT2D eigenvalue weighted by atomic mass is 10.0. The number of hydrogen-bond acceptors (Lipinski definition) is 6. The topological polar surface area (TPSA) is 96.0 Å². The Morgan fingerprint density at radius 3 is 2.28 bits per heavy atom. The fourth-order valence-corrected chi connectivity index (χ4v) is 4.55. The normalized spacial score (nSPS) is 16.0. The number of esters is 1. The SMILES string of the molecule is COC(=O)CCCNC(=O)CN1CCN(S(=O)(=O)c2ccc(C(C)C)cc2)CC1. The minimum absolute atomic E-state index is 0.129.